The summed E-state index contributed by atoms with van der Waals surface area (Å²) in [4.78, 5) is 11.3. The average Bonchev–Trinajstić information content (AvgIpc) is 2.29. The molecule has 0 N–H and O–H groups in total. The minimum atomic E-state index is -1.70. The molecule has 0 saturated heterocycles. The second-order valence-electron chi connectivity index (χ2n) is 4.91. The molecule has 4 heteroatoms. The zero-order chi connectivity index (χ0) is 14.0. The van der Waals surface area contributed by atoms with Crippen LogP contribution in [0.2, 0.25) is 18.1 Å². The van der Waals surface area contributed by atoms with E-state index in [0.29, 0.717) is 5.57 Å². The molecule has 0 saturated carbocycles. The SMILES string of the molecule is C=C(C)C(=O)OCO[Si](CCC)(CCC)CCC. The minimum Gasteiger partial charge on any atom is -0.436 e. The summed E-state index contributed by atoms with van der Waals surface area (Å²) in [5.41, 5.74) is 0.423. The Kier molecular flexibility index (Phi) is 9.02. The second-order valence-corrected chi connectivity index (χ2v) is 9.06. The smallest absolute Gasteiger partial charge is 0.335 e. The van der Waals surface area contributed by atoms with Crippen LogP contribution < -0.4 is 0 Å². The normalized spacial score (nSPS) is 11.3. The highest BCUT2D eigenvalue weighted by atomic mass is 28.4. The first-order valence-corrected chi connectivity index (χ1v) is 9.50. The third kappa shape index (κ3) is 6.35. The van der Waals surface area contributed by atoms with Gasteiger partial charge < -0.3 is 9.16 Å². The molecule has 0 bridgehead atoms. The highest BCUT2D eigenvalue weighted by Crippen LogP contribution is 2.27. The van der Waals surface area contributed by atoms with Crippen molar-refractivity contribution >= 4 is 14.3 Å². The van der Waals surface area contributed by atoms with Gasteiger partial charge >= 0.3 is 5.97 Å². The minimum absolute atomic E-state index is 0.0952. The van der Waals surface area contributed by atoms with Crippen LogP contribution in [0, 0.1) is 0 Å². The summed E-state index contributed by atoms with van der Waals surface area (Å²) in [6.45, 7) is 11.9. The Hall–Kier alpha value is -0.613. The van der Waals surface area contributed by atoms with Crippen molar-refractivity contribution in [1.82, 2.24) is 0 Å². The van der Waals surface area contributed by atoms with Gasteiger partial charge in [0, 0.05) is 5.57 Å². The summed E-state index contributed by atoms with van der Waals surface area (Å²) in [5.74, 6) is -0.359. The second kappa shape index (κ2) is 9.33. The fourth-order valence-corrected chi connectivity index (χ4v) is 6.52. The van der Waals surface area contributed by atoms with E-state index in [-0.39, 0.29) is 12.8 Å². The first kappa shape index (κ1) is 17.4. The summed E-state index contributed by atoms with van der Waals surface area (Å²) in [7, 11) is -1.70. The molecule has 0 aromatic heterocycles. The van der Waals surface area contributed by atoms with Gasteiger partial charge in [0.25, 0.3) is 0 Å². The highest BCUT2D eigenvalue weighted by Gasteiger charge is 2.32. The number of rotatable bonds is 10. The molecule has 0 fully saturated rings. The zero-order valence-electron chi connectivity index (χ0n) is 12.4. The van der Waals surface area contributed by atoms with Crippen LogP contribution in [0.4, 0.5) is 0 Å². The quantitative estimate of drug-likeness (QED) is 0.258. The molecule has 0 rings (SSSR count). The summed E-state index contributed by atoms with van der Waals surface area (Å²) in [5, 5.41) is 0. The lowest BCUT2D eigenvalue weighted by molar-refractivity contribution is -0.145. The fourth-order valence-electron chi connectivity index (χ4n) is 2.29. The highest BCUT2D eigenvalue weighted by molar-refractivity contribution is 6.73. The van der Waals surface area contributed by atoms with Crippen molar-refractivity contribution in [3.63, 3.8) is 0 Å². The van der Waals surface area contributed by atoms with E-state index >= 15 is 0 Å². The molecule has 106 valence electrons. The lowest BCUT2D eigenvalue weighted by atomic mass is 10.4. The number of ether oxygens (including phenoxy) is 1. The van der Waals surface area contributed by atoms with Crippen LogP contribution in [0.5, 0.6) is 0 Å². The Morgan fingerprint density at radius 1 is 1.06 bits per heavy atom. The van der Waals surface area contributed by atoms with Crippen LogP contribution >= 0.6 is 0 Å². The van der Waals surface area contributed by atoms with E-state index in [0.717, 1.165) is 37.4 Å². The van der Waals surface area contributed by atoms with Gasteiger partial charge in [-0.2, -0.15) is 0 Å². The van der Waals surface area contributed by atoms with Crippen molar-refractivity contribution in [2.45, 2.75) is 65.1 Å². The monoisotopic (exact) mass is 272 g/mol. The third-order valence-corrected chi connectivity index (χ3v) is 7.98. The van der Waals surface area contributed by atoms with Gasteiger partial charge in [-0.3, -0.25) is 0 Å². The topological polar surface area (TPSA) is 35.5 Å². The van der Waals surface area contributed by atoms with E-state index in [1.807, 2.05) is 0 Å². The molecule has 0 aromatic carbocycles. The van der Waals surface area contributed by atoms with Gasteiger partial charge in [0.1, 0.15) is 0 Å². The van der Waals surface area contributed by atoms with Gasteiger partial charge in [0.2, 0.25) is 0 Å². The Labute approximate surface area is 113 Å². The molecule has 0 aliphatic rings. The molecule has 0 heterocycles. The summed E-state index contributed by atoms with van der Waals surface area (Å²) >= 11 is 0. The van der Waals surface area contributed by atoms with E-state index in [1.54, 1.807) is 6.92 Å². The van der Waals surface area contributed by atoms with Crippen LogP contribution in [-0.4, -0.2) is 21.1 Å². The van der Waals surface area contributed by atoms with Crippen LogP contribution in [-0.2, 0) is 14.0 Å². The molecule has 0 unspecified atom stereocenters. The number of hydrogen-bond donors (Lipinski definition) is 0. The molecule has 0 atom stereocenters. The van der Waals surface area contributed by atoms with E-state index in [9.17, 15) is 4.79 Å². The number of esters is 1. The van der Waals surface area contributed by atoms with Crippen molar-refractivity contribution in [2.75, 3.05) is 6.79 Å². The molecule has 0 radical (unpaired) electrons. The predicted octanol–water partition coefficient (Wildman–Crippen LogP) is 4.26. The molecule has 0 aromatic rings. The molecule has 18 heavy (non-hydrogen) atoms. The van der Waals surface area contributed by atoms with Crippen molar-refractivity contribution in [3.8, 4) is 0 Å². The Morgan fingerprint density at radius 3 is 1.83 bits per heavy atom. The van der Waals surface area contributed by atoms with Gasteiger partial charge in [-0.15, -0.1) is 0 Å². The van der Waals surface area contributed by atoms with Crippen molar-refractivity contribution < 1.29 is 14.0 Å². The lowest BCUT2D eigenvalue weighted by Crippen LogP contribution is -2.38. The standard InChI is InChI=1S/C14H28O3Si/c1-6-9-18(10-7-2,11-8-3)17-12-16-14(15)13(4)5/h4,6-12H2,1-3,5H3. The fraction of sp³-hybridized carbons (Fsp3) is 0.786. The maximum atomic E-state index is 11.3. The summed E-state index contributed by atoms with van der Waals surface area (Å²) < 4.78 is 11.1. The molecular formula is C14H28O3Si. The molecule has 0 spiro atoms. The number of carbonyl (C=O) groups excluding carboxylic acids is 1. The molecule has 0 amide bonds. The van der Waals surface area contributed by atoms with Crippen LogP contribution in [0.1, 0.15) is 47.0 Å². The van der Waals surface area contributed by atoms with Gasteiger partial charge in [-0.1, -0.05) is 46.6 Å². The first-order chi connectivity index (χ1) is 8.51. The summed E-state index contributed by atoms with van der Waals surface area (Å²) in [6.07, 6.45) is 3.42. The van der Waals surface area contributed by atoms with E-state index < -0.39 is 8.32 Å². The third-order valence-electron chi connectivity index (χ3n) is 3.02. The maximum Gasteiger partial charge on any atom is 0.335 e. The van der Waals surface area contributed by atoms with E-state index in [2.05, 4.69) is 27.4 Å². The van der Waals surface area contributed by atoms with Gasteiger partial charge in [-0.05, 0) is 25.1 Å². The molecular weight excluding hydrogens is 244 g/mol. The van der Waals surface area contributed by atoms with Crippen molar-refractivity contribution in [1.29, 1.82) is 0 Å². The van der Waals surface area contributed by atoms with Crippen LogP contribution in [0.25, 0.3) is 0 Å². The van der Waals surface area contributed by atoms with E-state index in [1.165, 1.54) is 0 Å². The van der Waals surface area contributed by atoms with Gasteiger partial charge in [0.05, 0.1) is 0 Å². The maximum absolute atomic E-state index is 11.3. The Balaban J connectivity index is 4.37. The van der Waals surface area contributed by atoms with Crippen molar-refractivity contribution in [3.05, 3.63) is 12.2 Å². The largest absolute Gasteiger partial charge is 0.436 e. The van der Waals surface area contributed by atoms with E-state index in [4.69, 9.17) is 9.16 Å². The van der Waals surface area contributed by atoms with Crippen molar-refractivity contribution in [2.24, 2.45) is 0 Å². The Morgan fingerprint density at radius 2 is 1.50 bits per heavy atom. The van der Waals surface area contributed by atoms with Gasteiger partial charge in [0.15, 0.2) is 15.1 Å². The van der Waals surface area contributed by atoms with Gasteiger partial charge in [-0.25, -0.2) is 4.79 Å². The average molecular weight is 272 g/mol. The zero-order valence-corrected chi connectivity index (χ0v) is 13.4. The van der Waals surface area contributed by atoms with Crippen LogP contribution in [0.15, 0.2) is 12.2 Å². The lowest BCUT2D eigenvalue weighted by Gasteiger charge is -2.30. The molecule has 0 aliphatic carbocycles. The first-order valence-electron chi connectivity index (χ1n) is 6.98. The number of carbonyl (C=O) groups is 1. The van der Waals surface area contributed by atoms with Crippen LogP contribution in [0.3, 0.4) is 0 Å². The molecule has 0 aliphatic heterocycles. The predicted molar refractivity (Wildman–Crippen MR) is 77.9 cm³/mol. The summed E-state index contributed by atoms with van der Waals surface area (Å²) in [6, 6.07) is 3.46. The molecule has 3 nitrogen and oxygen atoms in total. The number of hydrogen-bond acceptors (Lipinski definition) is 3. The Bertz CT molecular complexity index is 247.